The summed E-state index contributed by atoms with van der Waals surface area (Å²) >= 11 is 0. The van der Waals surface area contributed by atoms with Crippen molar-refractivity contribution in [3.63, 3.8) is 0 Å². The SMILES string of the molecule is C=Cc1c(C=C)c(-c2ccc3cc(-c4ccc(/C(C=C(C)C)=C/N)cc4)ccc3c2)c2ccccc2c1-c1ccccc1. The van der Waals surface area contributed by atoms with Crippen molar-refractivity contribution in [3.05, 3.63) is 163 Å². The molecule has 6 aromatic rings. The highest BCUT2D eigenvalue weighted by Crippen LogP contribution is 2.43. The van der Waals surface area contributed by atoms with Crippen molar-refractivity contribution in [2.75, 3.05) is 0 Å². The summed E-state index contributed by atoms with van der Waals surface area (Å²) in [5, 5.41) is 4.81. The van der Waals surface area contributed by atoms with E-state index in [1.54, 1.807) is 6.20 Å². The van der Waals surface area contributed by atoms with Gasteiger partial charge in [-0.15, -0.1) is 0 Å². The predicted octanol–water partition coefficient (Wildman–Crippen LogP) is 11.5. The van der Waals surface area contributed by atoms with Crippen LogP contribution in [0.3, 0.4) is 0 Å². The van der Waals surface area contributed by atoms with Crippen LogP contribution in [0, 0.1) is 0 Å². The van der Waals surface area contributed by atoms with Crippen LogP contribution in [0.4, 0.5) is 0 Å². The lowest BCUT2D eigenvalue weighted by Gasteiger charge is -2.20. The molecule has 0 bridgehead atoms. The quantitative estimate of drug-likeness (QED) is 0.196. The summed E-state index contributed by atoms with van der Waals surface area (Å²) in [4.78, 5) is 0. The Balaban J connectivity index is 1.46. The van der Waals surface area contributed by atoms with Gasteiger partial charge in [-0.25, -0.2) is 0 Å². The summed E-state index contributed by atoms with van der Waals surface area (Å²) < 4.78 is 0. The largest absolute Gasteiger partial charge is 0.404 e. The lowest BCUT2D eigenvalue weighted by molar-refractivity contribution is 1.39. The van der Waals surface area contributed by atoms with Crippen LogP contribution in [0.2, 0.25) is 0 Å². The standard InChI is InChI=1S/C42H35N/c1-5-37-38(6-2)42(40-15-11-10-14-39(40)41(37)31-12-8-7-9-13-31)35-23-22-33-25-32(20-21-34(33)26-35)29-16-18-30(19-17-29)36(27-43)24-28(3)4/h5-27H,1-2,43H2,3-4H3/b36-27+. The second-order valence-electron chi connectivity index (χ2n) is 11.1. The first-order valence-corrected chi connectivity index (χ1v) is 14.6. The first-order chi connectivity index (χ1) is 21.0. The van der Waals surface area contributed by atoms with E-state index in [1.807, 2.05) is 12.2 Å². The normalized spacial score (nSPS) is 11.4. The molecule has 0 heterocycles. The smallest absolute Gasteiger partial charge is 0.00175 e. The zero-order chi connectivity index (χ0) is 29.9. The highest BCUT2D eigenvalue weighted by Gasteiger charge is 2.18. The van der Waals surface area contributed by atoms with Crippen LogP contribution in [-0.4, -0.2) is 0 Å². The summed E-state index contributed by atoms with van der Waals surface area (Å²) in [7, 11) is 0. The number of rotatable bonds is 7. The Labute approximate surface area is 254 Å². The number of hydrogen-bond donors (Lipinski definition) is 1. The van der Waals surface area contributed by atoms with Gasteiger partial charge in [0.2, 0.25) is 0 Å². The van der Waals surface area contributed by atoms with E-state index in [9.17, 15) is 0 Å². The van der Waals surface area contributed by atoms with Gasteiger partial charge >= 0.3 is 0 Å². The molecule has 0 aliphatic carbocycles. The van der Waals surface area contributed by atoms with E-state index in [-0.39, 0.29) is 0 Å². The van der Waals surface area contributed by atoms with E-state index in [0.717, 1.165) is 22.3 Å². The van der Waals surface area contributed by atoms with Crippen LogP contribution in [0.25, 0.3) is 72.7 Å². The van der Waals surface area contributed by atoms with Crippen LogP contribution in [0.5, 0.6) is 0 Å². The number of nitrogens with two attached hydrogens (primary N) is 1. The van der Waals surface area contributed by atoms with E-state index in [1.165, 1.54) is 60.5 Å². The number of fused-ring (bicyclic) bond motifs is 2. The molecule has 1 heteroatoms. The molecule has 6 rings (SSSR count). The van der Waals surface area contributed by atoms with Gasteiger partial charge in [0.1, 0.15) is 0 Å². The fourth-order valence-electron chi connectivity index (χ4n) is 6.10. The molecule has 0 spiro atoms. The van der Waals surface area contributed by atoms with Gasteiger partial charge in [0.05, 0.1) is 0 Å². The summed E-state index contributed by atoms with van der Waals surface area (Å²) in [5.41, 5.74) is 18.5. The maximum atomic E-state index is 5.90. The van der Waals surface area contributed by atoms with Crippen molar-refractivity contribution in [3.8, 4) is 33.4 Å². The van der Waals surface area contributed by atoms with Gasteiger partial charge in [0, 0.05) is 6.20 Å². The van der Waals surface area contributed by atoms with Gasteiger partial charge in [-0.1, -0.05) is 140 Å². The predicted molar refractivity (Wildman–Crippen MR) is 190 cm³/mol. The van der Waals surface area contributed by atoms with Crippen LogP contribution in [0.15, 0.2) is 146 Å². The number of hydrogen-bond acceptors (Lipinski definition) is 1. The van der Waals surface area contributed by atoms with E-state index in [4.69, 9.17) is 5.73 Å². The Hall–Kier alpha value is -5.40. The maximum absolute atomic E-state index is 5.90. The van der Waals surface area contributed by atoms with Gasteiger partial charge in [-0.2, -0.15) is 0 Å². The molecule has 0 saturated carbocycles. The van der Waals surface area contributed by atoms with Crippen molar-refractivity contribution in [1.82, 2.24) is 0 Å². The van der Waals surface area contributed by atoms with E-state index < -0.39 is 0 Å². The zero-order valence-corrected chi connectivity index (χ0v) is 24.8. The Morgan fingerprint density at radius 3 is 1.63 bits per heavy atom. The van der Waals surface area contributed by atoms with E-state index in [0.29, 0.717) is 0 Å². The summed E-state index contributed by atoms with van der Waals surface area (Å²) in [6.07, 6.45) is 7.73. The van der Waals surface area contributed by atoms with E-state index in [2.05, 4.69) is 148 Å². The first-order valence-electron chi connectivity index (χ1n) is 14.6. The van der Waals surface area contributed by atoms with Crippen molar-refractivity contribution in [1.29, 1.82) is 0 Å². The van der Waals surface area contributed by atoms with Gasteiger partial charge in [0.15, 0.2) is 0 Å². The van der Waals surface area contributed by atoms with Crippen molar-refractivity contribution in [2.45, 2.75) is 13.8 Å². The molecule has 0 saturated heterocycles. The Morgan fingerprint density at radius 1 is 0.558 bits per heavy atom. The summed E-state index contributed by atoms with van der Waals surface area (Å²) in [6, 6.07) is 41.3. The minimum atomic E-state index is 1.03. The molecule has 0 fully saturated rings. The Bertz CT molecular complexity index is 2050. The molecule has 1 nitrogen and oxygen atoms in total. The van der Waals surface area contributed by atoms with Crippen LogP contribution >= 0.6 is 0 Å². The molecule has 43 heavy (non-hydrogen) atoms. The van der Waals surface area contributed by atoms with Crippen molar-refractivity contribution in [2.24, 2.45) is 5.73 Å². The second-order valence-corrected chi connectivity index (χ2v) is 11.1. The minimum Gasteiger partial charge on any atom is -0.404 e. The molecule has 0 atom stereocenters. The lowest BCUT2D eigenvalue weighted by Crippen LogP contribution is -1.96. The van der Waals surface area contributed by atoms with Crippen molar-refractivity contribution < 1.29 is 0 Å². The average Bonchev–Trinajstić information content (AvgIpc) is 3.05. The highest BCUT2D eigenvalue weighted by atomic mass is 14.5. The topological polar surface area (TPSA) is 26.0 Å². The maximum Gasteiger partial charge on any atom is 0.00175 e. The van der Waals surface area contributed by atoms with Crippen LogP contribution in [0.1, 0.15) is 30.5 Å². The average molecular weight is 554 g/mol. The molecule has 0 aromatic heterocycles. The van der Waals surface area contributed by atoms with Gasteiger partial charge in [-0.3, -0.25) is 0 Å². The molecular formula is C42H35N. The fraction of sp³-hybridized carbons (Fsp3) is 0.0476. The van der Waals surface area contributed by atoms with Gasteiger partial charge in [0.25, 0.3) is 0 Å². The monoisotopic (exact) mass is 553 g/mol. The number of allylic oxidation sites excluding steroid dienone is 3. The molecule has 0 unspecified atom stereocenters. The lowest BCUT2D eigenvalue weighted by atomic mass is 9.83. The van der Waals surface area contributed by atoms with Gasteiger partial charge in [-0.05, 0) is 103 Å². The first kappa shape index (κ1) is 27.8. The minimum absolute atomic E-state index is 1.03. The molecule has 6 aromatic carbocycles. The molecule has 0 radical (unpaired) electrons. The molecule has 0 aliphatic heterocycles. The molecule has 208 valence electrons. The second kappa shape index (κ2) is 11.8. The van der Waals surface area contributed by atoms with Crippen molar-refractivity contribution >= 4 is 39.3 Å². The fourth-order valence-corrected chi connectivity index (χ4v) is 6.10. The Morgan fingerprint density at radius 2 is 1.07 bits per heavy atom. The van der Waals surface area contributed by atoms with Gasteiger partial charge < -0.3 is 5.73 Å². The molecular weight excluding hydrogens is 518 g/mol. The van der Waals surface area contributed by atoms with Crippen LogP contribution in [-0.2, 0) is 0 Å². The molecule has 0 aliphatic rings. The van der Waals surface area contributed by atoms with Crippen LogP contribution < -0.4 is 5.73 Å². The summed E-state index contributed by atoms with van der Waals surface area (Å²) in [6.45, 7) is 12.6. The third-order valence-electron chi connectivity index (χ3n) is 8.07. The Kier molecular flexibility index (Phi) is 7.64. The van der Waals surface area contributed by atoms with E-state index >= 15 is 0 Å². The third kappa shape index (κ3) is 5.22. The number of benzene rings is 6. The highest BCUT2D eigenvalue weighted by molar-refractivity contribution is 6.12. The zero-order valence-electron chi connectivity index (χ0n) is 24.8. The molecule has 2 N–H and O–H groups in total. The third-order valence-corrected chi connectivity index (χ3v) is 8.07. The molecule has 0 amide bonds. The summed E-state index contributed by atoms with van der Waals surface area (Å²) in [5.74, 6) is 0.